The maximum absolute atomic E-state index is 12.7. The molecule has 3 N–H and O–H groups in total. The third-order valence-electron chi connectivity index (χ3n) is 8.11. The molecule has 11 nitrogen and oxygen atoms in total. The molecule has 2 aromatic heterocycles. The number of β-amino-alcohol motifs (C(OH)–C–C–N with tert-alkyl or cyclic N) is 1. The van der Waals surface area contributed by atoms with Gasteiger partial charge in [-0.1, -0.05) is 11.3 Å². The molecule has 1 aromatic carbocycles. The molecular weight excluding hydrogens is 522 g/mol. The number of aliphatic hydroxyl groups is 1. The molecule has 2 atom stereocenters. The highest BCUT2D eigenvalue weighted by molar-refractivity contribution is 5.94. The molecule has 2 fully saturated rings. The van der Waals surface area contributed by atoms with Crippen molar-refractivity contribution >= 4 is 11.7 Å². The topological polar surface area (TPSA) is 127 Å². The van der Waals surface area contributed by atoms with Crippen LogP contribution >= 0.6 is 0 Å². The third kappa shape index (κ3) is 7.22. The molecule has 4 heterocycles. The number of pyridine rings is 1. The first-order chi connectivity index (χ1) is 20.1. The SMILES string of the molecule is O=C(NC[C@H](O)CN1CCc2cc(OCc3cn(C4CCCCO4)nn3)ccc2C1)c1ccnc(NC2CCC2)c1. The first-order valence-electron chi connectivity index (χ1n) is 14.8. The summed E-state index contributed by atoms with van der Waals surface area (Å²) in [6.07, 6.45) is 10.4. The van der Waals surface area contributed by atoms with Crippen LogP contribution in [0.25, 0.3) is 0 Å². The lowest BCUT2D eigenvalue weighted by Gasteiger charge is -2.30. The normalized spacial score (nSPS) is 20.1. The molecule has 218 valence electrons. The molecule has 1 saturated carbocycles. The van der Waals surface area contributed by atoms with E-state index in [1.807, 2.05) is 12.3 Å². The van der Waals surface area contributed by atoms with Crippen LogP contribution in [-0.2, 0) is 24.3 Å². The number of carbonyl (C=O) groups is 1. The number of benzene rings is 1. The molecular formula is C30H39N7O4. The van der Waals surface area contributed by atoms with E-state index in [2.05, 4.69) is 43.0 Å². The van der Waals surface area contributed by atoms with Gasteiger partial charge in [-0.25, -0.2) is 9.67 Å². The minimum atomic E-state index is -0.662. The summed E-state index contributed by atoms with van der Waals surface area (Å²) in [5, 5.41) is 25.3. The number of nitrogens with zero attached hydrogens (tertiary/aromatic N) is 5. The summed E-state index contributed by atoms with van der Waals surface area (Å²) in [7, 11) is 0. The van der Waals surface area contributed by atoms with Crippen molar-refractivity contribution in [2.24, 2.45) is 0 Å². The summed E-state index contributed by atoms with van der Waals surface area (Å²) < 4.78 is 13.6. The van der Waals surface area contributed by atoms with Gasteiger partial charge < -0.3 is 25.2 Å². The van der Waals surface area contributed by atoms with Gasteiger partial charge >= 0.3 is 0 Å². The molecule has 0 radical (unpaired) electrons. The lowest BCUT2D eigenvalue weighted by Crippen LogP contribution is -2.42. The van der Waals surface area contributed by atoms with Crippen molar-refractivity contribution in [2.45, 2.75) is 76.5 Å². The van der Waals surface area contributed by atoms with Crippen molar-refractivity contribution in [1.29, 1.82) is 0 Å². The van der Waals surface area contributed by atoms with Gasteiger partial charge in [-0.2, -0.15) is 0 Å². The lowest BCUT2D eigenvalue weighted by atomic mass is 9.93. The molecule has 3 aliphatic rings. The summed E-state index contributed by atoms with van der Waals surface area (Å²) in [4.78, 5) is 19.2. The van der Waals surface area contributed by atoms with Crippen LogP contribution in [0.1, 0.15) is 71.9 Å². The Labute approximate surface area is 240 Å². The number of nitrogens with one attached hydrogen (secondary N) is 2. The van der Waals surface area contributed by atoms with Crippen LogP contribution in [0.15, 0.2) is 42.7 Å². The van der Waals surface area contributed by atoms with E-state index in [4.69, 9.17) is 9.47 Å². The Kier molecular flexibility index (Phi) is 8.74. The first-order valence-corrected chi connectivity index (χ1v) is 14.8. The number of aromatic nitrogens is 4. The highest BCUT2D eigenvalue weighted by atomic mass is 16.5. The Bertz CT molecular complexity index is 1320. The number of carbonyl (C=O) groups excluding carboxylic acids is 1. The summed E-state index contributed by atoms with van der Waals surface area (Å²) in [5.74, 6) is 1.33. The van der Waals surface area contributed by atoms with Gasteiger partial charge in [-0.15, -0.1) is 5.10 Å². The molecule has 0 bridgehead atoms. The molecule has 2 aliphatic heterocycles. The van der Waals surface area contributed by atoms with Crippen LogP contribution in [0.4, 0.5) is 5.82 Å². The Hall–Kier alpha value is -3.54. The van der Waals surface area contributed by atoms with Crippen molar-refractivity contribution < 1.29 is 19.4 Å². The Morgan fingerprint density at radius 2 is 2.07 bits per heavy atom. The second-order valence-electron chi connectivity index (χ2n) is 11.3. The van der Waals surface area contributed by atoms with Gasteiger partial charge in [0.1, 0.15) is 23.9 Å². The van der Waals surface area contributed by atoms with E-state index in [-0.39, 0.29) is 18.7 Å². The van der Waals surface area contributed by atoms with Crippen LogP contribution in [0.3, 0.4) is 0 Å². The number of hydrogen-bond donors (Lipinski definition) is 3. The summed E-state index contributed by atoms with van der Waals surface area (Å²) >= 11 is 0. The van der Waals surface area contributed by atoms with Crippen molar-refractivity contribution in [3.63, 3.8) is 0 Å². The van der Waals surface area contributed by atoms with E-state index < -0.39 is 6.10 Å². The Morgan fingerprint density at radius 1 is 1.15 bits per heavy atom. The lowest BCUT2D eigenvalue weighted by molar-refractivity contribution is -0.0405. The van der Waals surface area contributed by atoms with Crippen molar-refractivity contribution in [3.05, 3.63) is 65.1 Å². The number of rotatable bonds is 11. The average Bonchev–Trinajstić information content (AvgIpc) is 3.46. The second-order valence-corrected chi connectivity index (χ2v) is 11.3. The molecule has 6 rings (SSSR count). The molecule has 0 spiro atoms. The molecule has 3 aromatic rings. The monoisotopic (exact) mass is 561 g/mol. The smallest absolute Gasteiger partial charge is 0.251 e. The van der Waals surface area contributed by atoms with Gasteiger partial charge in [0.25, 0.3) is 5.91 Å². The van der Waals surface area contributed by atoms with Crippen LogP contribution in [0.2, 0.25) is 0 Å². The summed E-state index contributed by atoms with van der Waals surface area (Å²) in [6.45, 7) is 3.38. The third-order valence-corrected chi connectivity index (χ3v) is 8.11. The number of ether oxygens (including phenoxy) is 2. The van der Waals surface area contributed by atoms with Crippen molar-refractivity contribution in [2.75, 3.05) is 31.6 Å². The predicted octanol–water partition coefficient (Wildman–Crippen LogP) is 3.06. The summed E-state index contributed by atoms with van der Waals surface area (Å²) in [5.41, 5.74) is 3.80. The fraction of sp³-hybridized carbons (Fsp3) is 0.533. The van der Waals surface area contributed by atoms with Gasteiger partial charge in [0.15, 0.2) is 6.23 Å². The van der Waals surface area contributed by atoms with Crippen LogP contribution in [0, 0.1) is 0 Å². The maximum Gasteiger partial charge on any atom is 0.251 e. The number of hydrogen-bond acceptors (Lipinski definition) is 9. The Balaban J connectivity index is 0.943. The van der Waals surface area contributed by atoms with E-state index in [9.17, 15) is 9.90 Å². The van der Waals surface area contributed by atoms with E-state index >= 15 is 0 Å². The maximum atomic E-state index is 12.7. The highest BCUT2D eigenvalue weighted by Gasteiger charge is 2.21. The molecule has 41 heavy (non-hydrogen) atoms. The number of amides is 1. The quantitative estimate of drug-likeness (QED) is 0.324. The highest BCUT2D eigenvalue weighted by Crippen LogP contribution is 2.26. The number of fused-ring (bicyclic) bond motifs is 1. The van der Waals surface area contributed by atoms with E-state index in [1.165, 1.54) is 17.5 Å². The first kappa shape index (κ1) is 27.6. The van der Waals surface area contributed by atoms with E-state index in [1.54, 1.807) is 23.0 Å². The zero-order chi connectivity index (χ0) is 28.0. The predicted molar refractivity (Wildman–Crippen MR) is 152 cm³/mol. The van der Waals surface area contributed by atoms with E-state index in [0.29, 0.717) is 24.8 Å². The van der Waals surface area contributed by atoms with Crippen LogP contribution < -0.4 is 15.4 Å². The Morgan fingerprint density at radius 3 is 2.90 bits per heavy atom. The second kappa shape index (κ2) is 13.0. The van der Waals surface area contributed by atoms with Gasteiger partial charge in [-0.05, 0) is 80.3 Å². The van der Waals surface area contributed by atoms with Crippen molar-refractivity contribution in [1.82, 2.24) is 30.2 Å². The van der Waals surface area contributed by atoms with Crippen LogP contribution in [-0.4, -0.2) is 74.3 Å². The van der Waals surface area contributed by atoms with Gasteiger partial charge in [0, 0.05) is 50.6 Å². The minimum Gasteiger partial charge on any atom is -0.487 e. The number of aliphatic hydroxyl groups excluding tert-OH is 1. The van der Waals surface area contributed by atoms with Gasteiger partial charge in [0.2, 0.25) is 0 Å². The van der Waals surface area contributed by atoms with Crippen LogP contribution in [0.5, 0.6) is 5.75 Å². The molecule has 1 amide bonds. The summed E-state index contributed by atoms with van der Waals surface area (Å²) in [6, 6.07) is 10.1. The minimum absolute atomic E-state index is 0.0278. The van der Waals surface area contributed by atoms with Gasteiger partial charge in [0.05, 0.1) is 12.3 Å². The largest absolute Gasteiger partial charge is 0.487 e. The average molecular weight is 562 g/mol. The molecule has 1 saturated heterocycles. The number of anilines is 1. The fourth-order valence-corrected chi connectivity index (χ4v) is 5.53. The van der Waals surface area contributed by atoms with E-state index in [0.717, 1.165) is 75.5 Å². The molecule has 1 aliphatic carbocycles. The standard InChI is InChI=1S/C30H39N7O4/c38-26(16-32-30(39)22-9-11-31-28(15-22)33-24-4-3-5-24)19-36-12-10-21-14-27(8-7-23(21)17-36)41-20-25-18-37(35-34-25)29-6-1-2-13-40-29/h7-9,11,14-15,18,24,26,29,38H,1-6,10,12-13,16-17,19-20H2,(H,31,33)(H,32,39)/t26-,29?/m0/s1. The molecule has 11 heteroatoms. The molecule has 1 unspecified atom stereocenters. The zero-order valence-electron chi connectivity index (χ0n) is 23.4. The zero-order valence-corrected chi connectivity index (χ0v) is 23.4. The van der Waals surface area contributed by atoms with Gasteiger partial charge in [-0.3, -0.25) is 9.69 Å². The fourth-order valence-electron chi connectivity index (χ4n) is 5.53. The van der Waals surface area contributed by atoms with Crippen molar-refractivity contribution in [3.8, 4) is 5.75 Å².